The van der Waals surface area contributed by atoms with Gasteiger partial charge in [-0.3, -0.25) is 19.6 Å². The Morgan fingerprint density at radius 3 is 2.28 bits per heavy atom. The van der Waals surface area contributed by atoms with Gasteiger partial charge in [0.05, 0.1) is 0 Å². The number of carboxylic acid groups (broad SMARTS) is 1. The molecule has 3 heterocycles. The largest absolute Gasteiger partial charge is 0.490 e. The van der Waals surface area contributed by atoms with Crippen molar-refractivity contribution in [3.05, 3.63) is 17.5 Å². The highest BCUT2D eigenvalue weighted by molar-refractivity contribution is 5.93. The van der Waals surface area contributed by atoms with Gasteiger partial charge in [0.25, 0.3) is 5.91 Å². The lowest BCUT2D eigenvalue weighted by molar-refractivity contribution is -0.192. The Bertz CT molecular complexity index is 860. The van der Waals surface area contributed by atoms with E-state index in [1.54, 1.807) is 6.07 Å². The van der Waals surface area contributed by atoms with E-state index in [-0.39, 0.29) is 11.8 Å². The second-order valence-corrected chi connectivity index (χ2v) is 8.68. The van der Waals surface area contributed by atoms with Crippen molar-refractivity contribution in [2.24, 2.45) is 5.92 Å². The number of rotatable bonds is 3. The van der Waals surface area contributed by atoms with E-state index in [1.165, 1.54) is 12.8 Å². The van der Waals surface area contributed by atoms with Gasteiger partial charge < -0.3 is 14.9 Å². The second kappa shape index (κ2) is 9.08. The van der Waals surface area contributed by atoms with Gasteiger partial charge in [0.2, 0.25) is 5.91 Å². The molecule has 3 fully saturated rings. The predicted molar refractivity (Wildman–Crippen MR) is 107 cm³/mol. The fourth-order valence-electron chi connectivity index (χ4n) is 4.20. The Kier molecular flexibility index (Phi) is 6.82. The molecule has 0 radical (unpaired) electrons. The summed E-state index contributed by atoms with van der Waals surface area (Å²) in [5.74, 6) is -1.81. The van der Waals surface area contributed by atoms with E-state index < -0.39 is 17.7 Å². The maximum atomic E-state index is 13.2. The average Bonchev–Trinajstić information content (AvgIpc) is 3.45. The summed E-state index contributed by atoms with van der Waals surface area (Å²) in [6.45, 7) is 5.78. The molecule has 1 aliphatic carbocycles. The number of amides is 2. The van der Waals surface area contributed by atoms with Crippen LogP contribution in [0.2, 0.25) is 0 Å². The average molecular weight is 459 g/mol. The number of alkyl halides is 3. The van der Waals surface area contributed by atoms with Gasteiger partial charge >= 0.3 is 12.1 Å². The smallest absolute Gasteiger partial charge is 0.475 e. The van der Waals surface area contributed by atoms with E-state index in [0.717, 1.165) is 25.3 Å². The number of aromatic nitrogens is 2. The molecule has 0 bridgehead atoms. The number of piperidine rings is 1. The molecule has 178 valence electrons. The van der Waals surface area contributed by atoms with E-state index in [2.05, 4.69) is 27.0 Å². The molecule has 3 aliphatic rings. The highest BCUT2D eigenvalue weighted by Crippen LogP contribution is 2.36. The Morgan fingerprint density at radius 2 is 1.81 bits per heavy atom. The Balaban J connectivity index is 0.000000360. The first-order valence-corrected chi connectivity index (χ1v) is 10.6. The first-order valence-electron chi connectivity index (χ1n) is 10.6. The number of nitrogens with one attached hydrogen (secondary N) is 1. The van der Waals surface area contributed by atoms with Gasteiger partial charge in [0.15, 0.2) is 0 Å². The zero-order chi connectivity index (χ0) is 23.7. The first kappa shape index (κ1) is 24.0. The van der Waals surface area contributed by atoms with Crippen molar-refractivity contribution in [3.8, 4) is 0 Å². The minimum atomic E-state index is -5.08. The number of piperazine rings is 1. The molecule has 0 unspecified atom stereocenters. The van der Waals surface area contributed by atoms with Crippen LogP contribution in [0.5, 0.6) is 0 Å². The van der Waals surface area contributed by atoms with Crippen molar-refractivity contribution in [2.45, 2.75) is 44.3 Å². The number of aliphatic carboxylic acids is 1. The van der Waals surface area contributed by atoms with Gasteiger partial charge in [-0.1, -0.05) is 0 Å². The van der Waals surface area contributed by atoms with Crippen LogP contribution in [0.1, 0.15) is 41.9 Å². The summed E-state index contributed by atoms with van der Waals surface area (Å²) in [5.41, 5.74) is 0.924. The third-order valence-corrected chi connectivity index (χ3v) is 6.34. The zero-order valence-electron chi connectivity index (χ0n) is 18.1. The maximum Gasteiger partial charge on any atom is 0.490 e. The van der Waals surface area contributed by atoms with Crippen molar-refractivity contribution in [1.82, 2.24) is 24.9 Å². The van der Waals surface area contributed by atoms with Crippen LogP contribution in [0.15, 0.2) is 6.07 Å². The third-order valence-electron chi connectivity index (χ3n) is 6.34. The molecule has 1 aromatic rings. The number of hydrogen-bond acceptors (Lipinski definition) is 5. The maximum absolute atomic E-state index is 13.2. The molecule has 2 saturated heterocycles. The monoisotopic (exact) mass is 459 g/mol. The summed E-state index contributed by atoms with van der Waals surface area (Å²) in [4.78, 5) is 40.8. The van der Waals surface area contributed by atoms with E-state index in [0.29, 0.717) is 37.5 Å². The molecular weight excluding hydrogens is 431 g/mol. The molecule has 2 amide bonds. The van der Waals surface area contributed by atoms with Crippen LogP contribution in [0.4, 0.5) is 13.2 Å². The van der Waals surface area contributed by atoms with Crippen molar-refractivity contribution in [3.63, 3.8) is 0 Å². The fourth-order valence-corrected chi connectivity index (χ4v) is 4.20. The summed E-state index contributed by atoms with van der Waals surface area (Å²) >= 11 is 0. The van der Waals surface area contributed by atoms with Crippen molar-refractivity contribution in [2.75, 3.05) is 39.8 Å². The third kappa shape index (κ3) is 5.22. The van der Waals surface area contributed by atoms with Gasteiger partial charge in [-0.05, 0) is 51.6 Å². The summed E-state index contributed by atoms with van der Waals surface area (Å²) in [6.07, 6.45) is -1.15. The number of aromatic amines is 1. The summed E-state index contributed by atoms with van der Waals surface area (Å²) in [7, 11) is 2.06. The highest BCUT2D eigenvalue weighted by atomic mass is 19.4. The van der Waals surface area contributed by atoms with Crippen molar-refractivity contribution < 1.29 is 32.7 Å². The molecule has 1 aromatic heterocycles. The van der Waals surface area contributed by atoms with Crippen LogP contribution in [-0.2, 0) is 9.59 Å². The number of nitrogens with zero attached hydrogens (tertiary/aromatic N) is 4. The molecule has 1 saturated carbocycles. The van der Waals surface area contributed by atoms with Gasteiger partial charge in [-0.2, -0.15) is 18.3 Å². The fraction of sp³-hybridized carbons (Fsp3) is 0.700. The Morgan fingerprint density at radius 1 is 1.22 bits per heavy atom. The highest BCUT2D eigenvalue weighted by Gasteiger charge is 2.50. The second-order valence-electron chi connectivity index (χ2n) is 8.68. The molecule has 0 aromatic carbocycles. The van der Waals surface area contributed by atoms with Gasteiger partial charge in [0, 0.05) is 38.4 Å². The molecular formula is C20H28F3N5O4. The lowest BCUT2D eigenvalue weighted by Crippen LogP contribution is -2.68. The van der Waals surface area contributed by atoms with Crippen LogP contribution in [0.25, 0.3) is 0 Å². The molecule has 2 N–H and O–H groups in total. The number of carbonyl (C=O) groups excluding carboxylic acids is 2. The van der Waals surface area contributed by atoms with Crippen molar-refractivity contribution >= 4 is 17.8 Å². The van der Waals surface area contributed by atoms with E-state index in [1.807, 2.05) is 11.8 Å². The number of carbonyl (C=O) groups is 3. The van der Waals surface area contributed by atoms with E-state index >= 15 is 0 Å². The van der Waals surface area contributed by atoms with E-state index in [4.69, 9.17) is 9.90 Å². The molecule has 2 aliphatic heterocycles. The van der Waals surface area contributed by atoms with Gasteiger partial charge in [0.1, 0.15) is 11.2 Å². The number of likely N-dealkylation sites (tertiary alicyclic amines) is 1. The Hall–Kier alpha value is -2.63. The summed E-state index contributed by atoms with van der Waals surface area (Å²) in [5, 5.41) is 14.0. The SMILES string of the molecule is Cc1cc(C(=O)N2CCC3(CC2)C(=O)N(CC2CC2)CCN3C)n[nH]1.O=C(O)C(F)(F)F. The predicted octanol–water partition coefficient (Wildman–Crippen LogP) is 1.51. The molecule has 12 heteroatoms. The minimum absolute atomic E-state index is 0.0417. The van der Waals surface area contributed by atoms with E-state index in [9.17, 15) is 22.8 Å². The lowest BCUT2D eigenvalue weighted by atomic mass is 9.82. The summed E-state index contributed by atoms with van der Waals surface area (Å²) < 4.78 is 31.7. The number of likely N-dealkylation sites (N-methyl/N-ethyl adjacent to an activating group) is 1. The summed E-state index contributed by atoms with van der Waals surface area (Å²) in [6, 6.07) is 1.78. The van der Waals surface area contributed by atoms with Crippen LogP contribution >= 0.6 is 0 Å². The van der Waals surface area contributed by atoms with Crippen molar-refractivity contribution in [1.29, 1.82) is 0 Å². The quantitative estimate of drug-likeness (QED) is 0.709. The van der Waals surface area contributed by atoms with Crippen LogP contribution in [-0.4, -0.2) is 99.3 Å². The lowest BCUT2D eigenvalue weighted by Gasteiger charge is -2.51. The first-order chi connectivity index (χ1) is 14.9. The Labute approximate surface area is 183 Å². The number of aryl methyl sites for hydroxylation is 1. The van der Waals surface area contributed by atoms with Crippen LogP contribution in [0.3, 0.4) is 0 Å². The zero-order valence-corrected chi connectivity index (χ0v) is 18.1. The number of H-pyrrole nitrogens is 1. The molecule has 0 atom stereocenters. The molecule has 9 nitrogen and oxygen atoms in total. The molecule has 32 heavy (non-hydrogen) atoms. The minimum Gasteiger partial charge on any atom is -0.475 e. The van der Waals surface area contributed by atoms with Crippen LogP contribution in [0, 0.1) is 12.8 Å². The molecule has 4 rings (SSSR count). The normalized spacial score (nSPS) is 21.3. The topological polar surface area (TPSA) is 110 Å². The number of halogens is 3. The number of hydrogen-bond donors (Lipinski definition) is 2. The van der Waals surface area contributed by atoms with Gasteiger partial charge in [-0.15, -0.1) is 0 Å². The van der Waals surface area contributed by atoms with Gasteiger partial charge in [-0.25, -0.2) is 4.79 Å². The molecule has 1 spiro atoms. The number of carboxylic acids is 1. The van der Waals surface area contributed by atoms with Crippen LogP contribution < -0.4 is 0 Å². The standard InChI is InChI=1S/C18H27N5O2.C2HF3O2/c1-13-11-15(20-19-13)16(24)22-7-5-18(6-8-22)17(25)23(10-9-21(18)2)12-14-3-4-14;3-2(4,5)1(6)7/h11,14H,3-10,12H2,1-2H3,(H,19,20);(H,6,7).